The highest BCUT2D eigenvalue weighted by Gasteiger charge is 2.06. The summed E-state index contributed by atoms with van der Waals surface area (Å²) < 4.78 is 4.94. The Morgan fingerprint density at radius 2 is 2.29 bits per heavy atom. The van der Waals surface area contributed by atoms with Gasteiger partial charge in [-0.05, 0) is 20.3 Å². The van der Waals surface area contributed by atoms with Crippen LogP contribution in [0.25, 0.3) is 0 Å². The van der Waals surface area contributed by atoms with Gasteiger partial charge in [-0.25, -0.2) is 4.79 Å². The Balaban J connectivity index is 2.34. The van der Waals surface area contributed by atoms with Gasteiger partial charge in [-0.15, -0.1) is 0 Å². The van der Waals surface area contributed by atoms with Crippen molar-refractivity contribution in [3.63, 3.8) is 0 Å². The molecule has 5 heteroatoms. The van der Waals surface area contributed by atoms with Gasteiger partial charge in [-0.3, -0.25) is 4.79 Å². The van der Waals surface area contributed by atoms with Crippen LogP contribution in [0, 0.1) is 0 Å². The Hall–Kier alpha value is -1.52. The standard InChI is InChI=1S/C9H14N2O3/c1-6(2)14-8(12)4-3-7-5-10-9(13)11-7/h5-6H,3-4H2,1-2H3,(H2,10,11,13). The van der Waals surface area contributed by atoms with Gasteiger partial charge >= 0.3 is 11.7 Å². The number of H-pyrrole nitrogens is 2. The topological polar surface area (TPSA) is 75.0 Å². The Kier molecular flexibility index (Phi) is 3.50. The number of aromatic nitrogens is 2. The van der Waals surface area contributed by atoms with Crippen molar-refractivity contribution in [2.45, 2.75) is 32.8 Å². The maximum absolute atomic E-state index is 11.1. The summed E-state index contributed by atoms with van der Waals surface area (Å²) >= 11 is 0. The van der Waals surface area contributed by atoms with Crippen LogP contribution >= 0.6 is 0 Å². The molecular formula is C9H14N2O3. The normalized spacial score (nSPS) is 10.5. The minimum absolute atomic E-state index is 0.0900. The first-order chi connectivity index (χ1) is 6.58. The number of aromatic amines is 2. The molecule has 14 heavy (non-hydrogen) atoms. The molecule has 2 N–H and O–H groups in total. The van der Waals surface area contributed by atoms with Gasteiger partial charge in [0.05, 0.1) is 12.5 Å². The van der Waals surface area contributed by atoms with Gasteiger partial charge in [0.15, 0.2) is 0 Å². The summed E-state index contributed by atoms with van der Waals surface area (Å²) in [6, 6.07) is 0. The molecule has 0 radical (unpaired) electrons. The number of nitrogens with one attached hydrogen (secondary N) is 2. The van der Waals surface area contributed by atoms with Crippen LogP contribution in [0.5, 0.6) is 0 Å². The number of hydrogen-bond acceptors (Lipinski definition) is 3. The number of imidazole rings is 1. The van der Waals surface area contributed by atoms with Crippen LogP contribution in [0.1, 0.15) is 26.0 Å². The highest BCUT2D eigenvalue weighted by atomic mass is 16.5. The molecule has 0 spiro atoms. The minimum atomic E-state index is -0.253. The Bertz CT molecular complexity index is 351. The molecule has 0 fully saturated rings. The van der Waals surface area contributed by atoms with E-state index in [0.717, 1.165) is 5.69 Å². The molecule has 1 aromatic rings. The molecule has 0 saturated carbocycles. The van der Waals surface area contributed by atoms with Crippen molar-refractivity contribution >= 4 is 5.97 Å². The summed E-state index contributed by atoms with van der Waals surface area (Å²) in [4.78, 5) is 26.8. The van der Waals surface area contributed by atoms with Crippen LogP contribution < -0.4 is 5.69 Å². The molecule has 78 valence electrons. The lowest BCUT2D eigenvalue weighted by Crippen LogP contribution is -2.12. The maximum atomic E-state index is 11.1. The molecule has 0 aliphatic heterocycles. The zero-order valence-electron chi connectivity index (χ0n) is 8.29. The van der Waals surface area contributed by atoms with Crippen molar-refractivity contribution in [3.8, 4) is 0 Å². The second kappa shape index (κ2) is 4.64. The second-order valence-electron chi connectivity index (χ2n) is 3.31. The van der Waals surface area contributed by atoms with Crippen LogP contribution in [0.3, 0.4) is 0 Å². The van der Waals surface area contributed by atoms with Gasteiger partial charge < -0.3 is 14.7 Å². The van der Waals surface area contributed by atoms with Crippen molar-refractivity contribution in [3.05, 3.63) is 22.4 Å². The Labute approximate surface area is 81.5 Å². The van der Waals surface area contributed by atoms with Crippen molar-refractivity contribution < 1.29 is 9.53 Å². The van der Waals surface area contributed by atoms with Crippen molar-refractivity contribution in [1.29, 1.82) is 0 Å². The molecule has 1 aromatic heterocycles. The van der Waals surface area contributed by atoms with E-state index in [0.29, 0.717) is 6.42 Å². The average Bonchev–Trinajstić information content (AvgIpc) is 2.47. The van der Waals surface area contributed by atoms with Crippen molar-refractivity contribution in [2.75, 3.05) is 0 Å². The van der Waals surface area contributed by atoms with Crippen LogP contribution in [-0.4, -0.2) is 22.0 Å². The van der Waals surface area contributed by atoms with Crippen molar-refractivity contribution in [2.24, 2.45) is 0 Å². The van der Waals surface area contributed by atoms with Crippen LogP contribution in [-0.2, 0) is 16.0 Å². The summed E-state index contributed by atoms with van der Waals surface area (Å²) in [5.74, 6) is -0.248. The zero-order valence-corrected chi connectivity index (χ0v) is 8.29. The quantitative estimate of drug-likeness (QED) is 0.695. The van der Waals surface area contributed by atoms with E-state index in [1.807, 2.05) is 0 Å². The third kappa shape index (κ3) is 3.47. The average molecular weight is 198 g/mol. The Morgan fingerprint density at radius 3 is 2.79 bits per heavy atom. The van der Waals surface area contributed by atoms with E-state index in [9.17, 15) is 9.59 Å². The molecule has 0 bridgehead atoms. The highest BCUT2D eigenvalue weighted by molar-refractivity contribution is 5.69. The minimum Gasteiger partial charge on any atom is -0.463 e. The number of ether oxygens (including phenoxy) is 1. The van der Waals surface area contributed by atoms with Crippen molar-refractivity contribution in [1.82, 2.24) is 9.97 Å². The fourth-order valence-electron chi connectivity index (χ4n) is 1.06. The largest absolute Gasteiger partial charge is 0.463 e. The van der Waals surface area contributed by atoms with E-state index >= 15 is 0 Å². The molecule has 5 nitrogen and oxygen atoms in total. The molecule has 0 unspecified atom stereocenters. The molecule has 1 heterocycles. The fraction of sp³-hybridized carbons (Fsp3) is 0.556. The van der Waals surface area contributed by atoms with Gasteiger partial charge in [0.25, 0.3) is 0 Å². The number of rotatable bonds is 4. The van der Waals surface area contributed by atoms with Gasteiger partial charge in [0, 0.05) is 11.9 Å². The smallest absolute Gasteiger partial charge is 0.323 e. The number of carbonyl (C=O) groups excluding carboxylic acids is 1. The van der Waals surface area contributed by atoms with Gasteiger partial charge in [0.2, 0.25) is 0 Å². The van der Waals surface area contributed by atoms with E-state index in [1.165, 1.54) is 0 Å². The van der Waals surface area contributed by atoms with Gasteiger partial charge in [-0.1, -0.05) is 0 Å². The molecule has 1 rings (SSSR count). The summed E-state index contributed by atoms with van der Waals surface area (Å²) in [6.45, 7) is 3.60. The maximum Gasteiger partial charge on any atom is 0.323 e. The predicted molar refractivity (Wildman–Crippen MR) is 51.0 cm³/mol. The highest BCUT2D eigenvalue weighted by Crippen LogP contribution is 1.99. The van der Waals surface area contributed by atoms with Crippen LogP contribution in [0.4, 0.5) is 0 Å². The number of esters is 1. The molecule has 0 aliphatic carbocycles. The third-order valence-corrected chi connectivity index (χ3v) is 1.62. The fourth-order valence-corrected chi connectivity index (χ4v) is 1.06. The van der Waals surface area contributed by atoms with Gasteiger partial charge in [-0.2, -0.15) is 0 Å². The number of aryl methyl sites for hydroxylation is 1. The van der Waals surface area contributed by atoms with Crippen LogP contribution in [0.2, 0.25) is 0 Å². The predicted octanol–water partition coefficient (Wildman–Crippen LogP) is 0.587. The molecule has 0 atom stereocenters. The molecule has 0 aliphatic rings. The third-order valence-electron chi connectivity index (χ3n) is 1.62. The lowest BCUT2D eigenvalue weighted by atomic mass is 10.2. The first-order valence-electron chi connectivity index (χ1n) is 4.54. The van der Waals surface area contributed by atoms with E-state index < -0.39 is 0 Å². The summed E-state index contributed by atoms with van der Waals surface area (Å²) in [7, 11) is 0. The monoisotopic (exact) mass is 198 g/mol. The molecule has 0 aromatic carbocycles. The molecule has 0 saturated heterocycles. The summed E-state index contributed by atoms with van der Waals surface area (Å²) in [5, 5.41) is 0. The second-order valence-corrected chi connectivity index (χ2v) is 3.31. The first kappa shape index (κ1) is 10.6. The van der Waals surface area contributed by atoms with Crippen LogP contribution in [0.15, 0.2) is 11.0 Å². The van der Waals surface area contributed by atoms with E-state index in [1.54, 1.807) is 20.0 Å². The van der Waals surface area contributed by atoms with Gasteiger partial charge in [0.1, 0.15) is 0 Å². The molecular weight excluding hydrogens is 184 g/mol. The SMILES string of the molecule is CC(C)OC(=O)CCc1c[nH]c(=O)[nH]1. The summed E-state index contributed by atoms with van der Waals surface area (Å²) in [5.41, 5.74) is 0.466. The zero-order chi connectivity index (χ0) is 10.6. The van der Waals surface area contributed by atoms with E-state index in [2.05, 4.69) is 9.97 Å². The van der Waals surface area contributed by atoms with E-state index in [4.69, 9.17) is 4.74 Å². The lowest BCUT2D eigenvalue weighted by molar-refractivity contribution is -0.147. The first-order valence-corrected chi connectivity index (χ1v) is 4.54. The summed E-state index contributed by atoms with van der Waals surface area (Å²) in [6.07, 6.45) is 2.24. The Morgan fingerprint density at radius 1 is 1.57 bits per heavy atom. The lowest BCUT2D eigenvalue weighted by Gasteiger charge is -2.06. The van der Waals surface area contributed by atoms with E-state index in [-0.39, 0.29) is 24.2 Å². The number of carbonyl (C=O) groups is 1. The number of hydrogen-bond donors (Lipinski definition) is 2. The molecule has 0 amide bonds.